The van der Waals surface area contributed by atoms with Gasteiger partial charge >= 0.3 is 0 Å². The highest BCUT2D eigenvalue weighted by Gasteiger charge is 2.38. The van der Waals surface area contributed by atoms with E-state index < -0.39 is 0 Å². The minimum Gasteiger partial charge on any atom is -0.327 e. The fourth-order valence-electron chi connectivity index (χ4n) is 3.07. The summed E-state index contributed by atoms with van der Waals surface area (Å²) in [5, 5.41) is 0. The molecule has 2 nitrogen and oxygen atoms in total. The molecule has 1 saturated carbocycles. The van der Waals surface area contributed by atoms with Crippen molar-refractivity contribution in [2.75, 3.05) is 6.54 Å². The summed E-state index contributed by atoms with van der Waals surface area (Å²) in [5.74, 6) is 1.62. The number of likely N-dealkylation sites (tertiary alicyclic amines) is 1. The minimum atomic E-state index is 0.429. The predicted octanol–water partition coefficient (Wildman–Crippen LogP) is 1.84. The van der Waals surface area contributed by atoms with Gasteiger partial charge in [0.05, 0.1) is 0 Å². The lowest BCUT2D eigenvalue weighted by molar-refractivity contribution is 0.00270. The van der Waals surface area contributed by atoms with E-state index in [4.69, 9.17) is 5.73 Å². The van der Waals surface area contributed by atoms with Crippen molar-refractivity contribution in [2.24, 2.45) is 17.6 Å². The summed E-state index contributed by atoms with van der Waals surface area (Å²) in [5.41, 5.74) is 6.09. The van der Waals surface area contributed by atoms with E-state index in [9.17, 15) is 0 Å². The van der Waals surface area contributed by atoms with E-state index in [1.54, 1.807) is 0 Å². The molecule has 2 N–H and O–H groups in total. The molecule has 3 unspecified atom stereocenters. The Bertz CT molecular complexity index is 198. The topological polar surface area (TPSA) is 29.3 Å². The molecule has 0 radical (unpaired) electrons. The van der Waals surface area contributed by atoms with Gasteiger partial charge in [0, 0.05) is 24.7 Å². The van der Waals surface area contributed by atoms with Gasteiger partial charge in [-0.1, -0.05) is 13.8 Å². The molecule has 2 aliphatic rings. The summed E-state index contributed by atoms with van der Waals surface area (Å²) in [7, 11) is 0. The van der Waals surface area contributed by atoms with Gasteiger partial charge < -0.3 is 5.73 Å². The maximum atomic E-state index is 6.09. The van der Waals surface area contributed by atoms with Crippen molar-refractivity contribution >= 4 is 0 Å². The quantitative estimate of drug-likeness (QED) is 0.693. The van der Waals surface area contributed by atoms with E-state index in [-0.39, 0.29) is 0 Å². The van der Waals surface area contributed by atoms with Crippen LogP contribution < -0.4 is 5.73 Å². The highest BCUT2D eigenvalue weighted by Crippen LogP contribution is 2.35. The molecule has 1 heterocycles. The molecule has 2 fully saturated rings. The molecule has 1 saturated heterocycles. The smallest absolute Gasteiger partial charge is 0.0110 e. The SMILES string of the molecule is CC1CC(N2CCC(N)C(C)C2C)C1. The lowest BCUT2D eigenvalue weighted by Gasteiger charge is -2.50. The Hall–Kier alpha value is -0.0800. The zero-order chi connectivity index (χ0) is 10.3. The Kier molecular flexibility index (Phi) is 2.85. The van der Waals surface area contributed by atoms with E-state index in [0.29, 0.717) is 18.0 Å². The van der Waals surface area contributed by atoms with Gasteiger partial charge in [0.1, 0.15) is 0 Å². The van der Waals surface area contributed by atoms with Gasteiger partial charge in [-0.3, -0.25) is 4.90 Å². The van der Waals surface area contributed by atoms with Crippen LogP contribution in [0.3, 0.4) is 0 Å². The van der Waals surface area contributed by atoms with E-state index in [2.05, 4.69) is 25.7 Å². The van der Waals surface area contributed by atoms with Crippen LogP contribution in [-0.4, -0.2) is 29.6 Å². The third-order valence-corrected chi connectivity index (χ3v) is 4.50. The molecule has 82 valence electrons. The first-order valence-corrected chi connectivity index (χ1v) is 6.11. The van der Waals surface area contributed by atoms with Gasteiger partial charge in [0.2, 0.25) is 0 Å². The molecule has 2 heteroatoms. The number of hydrogen-bond donors (Lipinski definition) is 1. The van der Waals surface area contributed by atoms with Crippen molar-refractivity contribution in [1.82, 2.24) is 4.90 Å². The fraction of sp³-hybridized carbons (Fsp3) is 1.00. The van der Waals surface area contributed by atoms with E-state index in [0.717, 1.165) is 12.0 Å². The first kappa shape index (κ1) is 10.4. The van der Waals surface area contributed by atoms with Crippen LogP contribution in [-0.2, 0) is 0 Å². The van der Waals surface area contributed by atoms with Crippen molar-refractivity contribution in [3.63, 3.8) is 0 Å². The van der Waals surface area contributed by atoms with Crippen LogP contribution in [0.15, 0.2) is 0 Å². The van der Waals surface area contributed by atoms with E-state index in [1.165, 1.54) is 25.8 Å². The highest BCUT2D eigenvalue weighted by atomic mass is 15.2. The average molecular weight is 196 g/mol. The molecule has 1 aliphatic heterocycles. The van der Waals surface area contributed by atoms with Crippen LogP contribution in [0.25, 0.3) is 0 Å². The van der Waals surface area contributed by atoms with Crippen LogP contribution in [0.4, 0.5) is 0 Å². The Morgan fingerprint density at radius 2 is 1.79 bits per heavy atom. The maximum Gasteiger partial charge on any atom is 0.0110 e. The second kappa shape index (κ2) is 3.82. The van der Waals surface area contributed by atoms with Gasteiger partial charge in [-0.2, -0.15) is 0 Å². The summed E-state index contributed by atoms with van der Waals surface area (Å²) >= 11 is 0. The third-order valence-electron chi connectivity index (χ3n) is 4.50. The largest absolute Gasteiger partial charge is 0.327 e. The summed E-state index contributed by atoms with van der Waals surface area (Å²) in [6.07, 6.45) is 4.01. The van der Waals surface area contributed by atoms with Crippen molar-refractivity contribution < 1.29 is 0 Å². The zero-order valence-electron chi connectivity index (χ0n) is 9.74. The van der Waals surface area contributed by atoms with Gasteiger partial charge in [0.25, 0.3) is 0 Å². The first-order chi connectivity index (χ1) is 6.59. The van der Waals surface area contributed by atoms with Crippen LogP contribution in [0, 0.1) is 11.8 Å². The van der Waals surface area contributed by atoms with Crippen LogP contribution in [0.5, 0.6) is 0 Å². The molecule has 2 rings (SSSR count). The molecule has 14 heavy (non-hydrogen) atoms. The molecule has 0 aromatic carbocycles. The molecule has 0 bridgehead atoms. The third kappa shape index (κ3) is 1.70. The van der Waals surface area contributed by atoms with E-state index in [1.807, 2.05) is 0 Å². The van der Waals surface area contributed by atoms with E-state index >= 15 is 0 Å². The predicted molar refractivity (Wildman–Crippen MR) is 60.1 cm³/mol. The summed E-state index contributed by atoms with van der Waals surface area (Å²) < 4.78 is 0. The molecule has 0 amide bonds. The monoisotopic (exact) mass is 196 g/mol. The Balaban J connectivity index is 1.93. The molecule has 1 aliphatic carbocycles. The number of hydrogen-bond acceptors (Lipinski definition) is 2. The molecule has 0 spiro atoms. The van der Waals surface area contributed by atoms with Gasteiger partial charge in [0.15, 0.2) is 0 Å². The van der Waals surface area contributed by atoms with Crippen molar-refractivity contribution in [3.8, 4) is 0 Å². The van der Waals surface area contributed by atoms with Gasteiger partial charge in [-0.25, -0.2) is 0 Å². The van der Waals surface area contributed by atoms with Gasteiger partial charge in [-0.05, 0) is 38.0 Å². The van der Waals surface area contributed by atoms with Crippen molar-refractivity contribution in [1.29, 1.82) is 0 Å². The molecule has 0 aromatic heterocycles. The number of nitrogens with zero attached hydrogens (tertiary/aromatic N) is 1. The summed E-state index contributed by atoms with van der Waals surface area (Å²) in [6, 6.07) is 1.99. The normalized spacial score (nSPS) is 50.1. The van der Waals surface area contributed by atoms with Crippen LogP contribution in [0.2, 0.25) is 0 Å². The van der Waals surface area contributed by atoms with Crippen LogP contribution >= 0.6 is 0 Å². The van der Waals surface area contributed by atoms with Crippen molar-refractivity contribution in [2.45, 2.75) is 58.2 Å². The standard InChI is InChI=1S/C12H24N2/c1-8-6-11(7-8)14-5-4-12(13)9(2)10(14)3/h8-12H,4-7,13H2,1-3H3. The molecular formula is C12H24N2. The second-order valence-corrected chi connectivity index (χ2v) is 5.52. The number of piperidine rings is 1. The Morgan fingerprint density at radius 1 is 1.14 bits per heavy atom. The lowest BCUT2D eigenvalue weighted by atomic mass is 9.77. The second-order valence-electron chi connectivity index (χ2n) is 5.52. The van der Waals surface area contributed by atoms with Gasteiger partial charge in [-0.15, -0.1) is 0 Å². The average Bonchev–Trinajstić information content (AvgIpc) is 2.11. The first-order valence-electron chi connectivity index (χ1n) is 6.11. The molecular weight excluding hydrogens is 172 g/mol. The summed E-state index contributed by atoms with van der Waals surface area (Å²) in [6.45, 7) is 8.25. The molecule has 0 aromatic rings. The molecule has 3 atom stereocenters. The lowest BCUT2D eigenvalue weighted by Crippen LogP contribution is -2.57. The zero-order valence-corrected chi connectivity index (χ0v) is 9.74. The fourth-order valence-corrected chi connectivity index (χ4v) is 3.07. The minimum absolute atomic E-state index is 0.429. The number of rotatable bonds is 1. The maximum absolute atomic E-state index is 6.09. The van der Waals surface area contributed by atoms with Crippen molar-refractivity contribution in [3.05, 3.63) is 0 Å². The van der Waals surface area contributed by atoms with Crippen LogP contribution in [0.1, 0.15) is 40.0 Å². The summed E-state index contributed by atoms with van der Waals surface area (Å²) in [4.78, 5) is 2.70. The number of nitrogens with two attached hydrogens (primary N) is 1. The highest BCUT2D eigenvalue weighted by molar-refractivity contribution is 4.94. The Labute approximate surface area is 87.8 Å². The Morgan fingerprint density at radius 3 is 2.36 bits per heavy atom.